The van der Waals surface area contributed by atoms with E-state index >= 15 is 0 Å². The van der Waals surface area contributed by atoms with E-state index in [2.05, 4.69) is 5.32 Å². The van der Waals surface area contributed by atoms with Crippen molar-refractivity contribution in [1.82, 2.24) is 0 Å². The molecule has 0 amide bonds. The number of rotatable bonds is 6. The van der Waals surface area contributed by atoms with E-state index in [4.69, 9.17) is 14.2 Å². The molecule has 7 nitrogen and oxygen atoms in total. The summed E-state index contributed by atoms with van der Waals surface area (Å²) in [5, 5.41) is 14.3. The molecule has 0 atom stereocenters. The van der Waals surface area contributed by atoms with Gasteiger partial charge in [0.1, 0.15) is 11.4 Å². The summed E-state index contributed by atoms with van der Waals surface area (Å²) in [6, 6.07) is 4.75. The Bertz CT molecular complexity index is 576. The molecule has 1 aromatic carbocycles. The lowest BCUT2D eigenvalue weighted by atomic mass is 9.83. The Labute approximate surface area is 141 Å². The van der Waals surface area contributed by atoms with Crippen LogP contribution in [0, 0.1) is 16.0 Å². The number of nitro benzene ring substituents is 1. The Morgan fingerprint density at radius 3 is 2.67 bits per heavy atom. The van der Waals surface area contributed by atoms with E-state index in [1.165, 1.54) is 6.07 Å². The van der Waals surface area contributed by atoms with Gasteiger partial charge in [-0.2, -0.15) is 0 Å². The zero-order valence-corrected chi connectivity index (χ0v) is 14.0. The first kappa shape index (κ1) is 17.0. The highest BCUT2D eigenvalue weighted by atomic mass is 16.7. The summed E-state index contributed by atoms with van der Waals surface area (Å²) in [7, 11) is 1.55. The van der Waals surface area contributed by atoms with Gasteiger partial charge in [0.15, 0.2) is 5.79 Å². The minimum atomic E-state index is -0.374. The summed E-state index contributed by atoms with van der Waals surface area (Å²) in [4.78, 5) is 10.8. The van der Waals surface area contributed by atoms with E-state index in [9.17, 15) is 10.1 Å². The van der Waals surface area contributed by atoms with Gasteiger partial charge in [-0.1, -0.05) is 0 Å². The zero-order valence-electron chi connectivity index (χ0n) is 14.0. The molecule has 2 fully saturated rings. The van der Waals surface area contributed by atoms with Crippen molar-refractivity contribution in [2.75, 3.05) is 32.2 Å². The summed E-state index contributed by atoms with van der Waals surface area (Å²) in [6.45, 7) is 2.10. The van der Waals surface area contributed by atoms with Crippen LogP contribution in [-0.2, 0) is 9.47 Å². The van der Waals surface area contributed by atoms with E-state index in [-0.39, 0.29) is 16.4 Å². The standard InChI is InChI=1S/C17H24N2O5/c1-22-14-2-3-16(19(20)21)15(12-14)18-9-6-13-4-7-17(8-5-13)23-10-11-24-17/h2-3,12-13,18H,4-11H2,1H3. The number of hydrogen-bond donors (Lipinski definition) is 1. The van der Waals surface area contributed by atoms with Crippen molar-refractivity contribution in [3.63, 3.8) is 0 Å². The minimum absolute atomic E-state index is 0.0751. The van der Waals surface area contributed by atoms with E-state index in [0.29, 0.717) is 37.1 Å². The number of methoxy groups -OCH3 is 1. The van der Waals surface area contributed by atoms with Crippen LogP contribution in [0.15, 0.2) is 18.2 Å². The molecule has 24 heavy (non-hydrogen) atoms. The van der Waals surface area contributed by atoms with Crippen LogP contribution in [0.3, 0.4) is 0 Å². The van der Waals surface area contributed by atoms with Crippen LogP contribution in [0.4, 0.5) is 11.4 Å². The molecule has 2 aliphatic rings. The molecular weight excluding hydrogens is 312 g/mol. The van der Waals surface area contributed by atoms with Gasteiger partial charge in [0.25, 0.3) is 5.69 Å². The number of anilines is 1. The van der Waals surface area contributed by atoms with Crippen LogP contribution in [0.5, 0.6) is 5.75 Å². The van der Waals surface area contributed by atoms with Crippen molar-refractivity contribution in [1.29, 1.82) is 0 Å². The highest BCUT2D eigenvalue weighted by molar-refractivity contribution is 5.64. The molecule has 7 heteroatoms. The lowest BCUT2D eigenvalue weighted by Gasteiger charge is -2.35. The quantitative estimate of drug-likeness (QED) is 0.634. The van der Waals surface area contributed by atoms with Crippen LogP contribution < -0.4 is 10.1 Å². The fourth-order valence-electron chi connectivity index (χ4n) is 3.55. The fourth-order valence-corrected chi connectivity index (χ4v) is 3.55. The minimum Gasteiger partial charge on any atom is -0.497 e. The highest BCUT2D eigenvalue weighted by Crippen LogP contribution is 2.39. The number of hydrogen-bond acceptors (Lipinski definition) is 6. The predicted molar refractivity (Wildman–Crippen MR) is 89.3 cm³/mol. The molecule has 3 rings (SSSR count). The van der Waals surface area contributed by atoms with Gasteiger partial charge >= 0.3 is 0 Å². The lowest BCUT2D eigenvalue weighted by molar-refractivity contribution is -0.384. The van der Waals surface area contributed by atoms with Gasteiger partial charge in [-0.3, -0.25) is 10.1 Å². The number of nitro groups is 1. The summed E-state index contributed by atoms with van der Waals surface area (Å²) >= 11 is 0. The molecule has 1 heterocycles. The molecule has 1 spiro atoms. The molecule has 1 aliphatic heterocycles. The van der Waals surface area contributed by atoms with Crippen LogP contribution >= 0.6 is 0 Å². The van der Waals surface area contributed by atoms with Crippen molar-refractivity contribution in [2.45, 2.75) is 37.9 Å². The predicted octanol–water partition coefficient (Wildman–Crippen LogP) is 3.34. The Kier molecular flexibility index (Phi) is 5.20. The Morgan fingerprint density at radius 1 is 1.33 bits per heavy atom. The van der Waals surface area contributed by atoms with E-state index in [0.717, 1.165) is 32.1 Å². The maximum Gasteiger partial charge on any atom is 0.292 e. The normalized spacial score (nSPS) is 20.2. The molecule has 1 saturated heterocycles. The van der Waals surface area contributed by atoms with Gasteiger partial charge in [0, 0.05) is 31.5 Å². The van der Waals surface area contributed by atoms with Gasteiger partial charge in [-0.05, 0) is 31.2 Å². The second-order valence-corrected chi connectivity index (χ2v) is 6.41. The van der Waals surface area contributed by atoms with Gasteiger partial charge in [0.05, 0.1) is 25.2 Å². The Hall–Kier alpha value is -1.86. The maximum absolute atomic E-state index is 11.1. The number of benzene rings is 1. The van der Waals surface area contributed by atoms with Gasteiger partial charge in [-0.15, -0.1) is 0 Å². The summed E-state index contributed by atoms with van der Waals surface area (Å²) in [5.41, 5.74) is 0.584. The lowest BCUT2D eigenvalue weighted by Crippen LogP contribution is -2.35. The molecule has 1 aromatic rings. The van der Waals surface area contributed by atoms with Crippen molar-refractivity contribution < 1.29 is 19.1 Å². The molecule has 0 unspecified atom stereocenters. The molecule has 0 aromatic heterocycles. The molecule has 1 N–H and O–H groups in total. The van der Waals surface area contributed by atoms with E-state index in [1.807, 2.05) is 0 Å². The van der Waals surface area contributed by atoms with Crippen LogP contribution in [0.1, 0.15) is 32.1 Å². The number of nitrogens with zero attached hydrogens (tertiary/aromatic N) is 1. The fraction of sp³-hybridized carbons (Fsp3) is 0.647. The molecule has 1 aliphatic carbocycles. The Morgan fingerprint density at radius 2 is 2.04 bits per heavy atom. The van der Waals surface area contributed by atoms with Gasteiger partial charge in [0.2, 0.25) is 0 Å². The van der Waals surface area contributed by atoms with Crippen LogP contribution in [-0.4, -0.2) is 37.6 Å². The van der Waals surface area contributed by atoms with Crippen LogP contribution in [0.2, 0.25) is 0 Å². The SMILES string of the molecule is COc1ccc([N+](=O)[O-])c(NCCC2CCC3(CC2)OCCO3)c1. The van der Waals surface area contributed by atoms with Crippen molar-refractivity contribution in [3.05, 3.63) is 28.3 Å². The zero-order chi connectivity index (χ0) is 17.0. The largest absolute Gasteiger partial charge is 0.497 e. The second kappa shape index (κ2) is 7.36. The van der Waals surface area contributed by atoms with Gasteiger partial charge < -0.3 is 19.5 Å². The average molecular weight is 336 g/mol. The summed E-state index contributed by atoms with van der Waals surface area (Å²) < 4.78 is 16.6. The second-order valence-electron chi connectivity index (χ2n) is 6.41. The molecule has 0 bridgehead atoms. The smallest absolute Gasteiger partial charge is 0.292 e. The maximum atomic E-state index is 11.1. The average Bonchev–Trinajstić information content (AvgIpc) is 3.04. The van der Waals surface area contributed by atoms with Crippen molar-refractivity contribution in [3.8, 4) is 5.75 Å². The first-order valence-corrected chi connectivity index (χ1v) is 8.46. The molecule has 1 saturated carbocycles. The topological polar surface area (TPSA) is 82.9 Å². The van der Waals surface area contributed by atoms with Gasteiger partial charge in [-0.25, -0.2) is 0 Å². The third-order valence-electron chi connectivity index (χ3n) is 4.95. The summed E-state index contributed by atoms with van der Waals surface area (Å²) in [5.74, 6) is 0.883. The molecular formula is C17H24N2O5. The molecule has 132 valence electrons. The summed E-state index contributed by atoms with van der Waals surface area (Å²) in [6.07, 6.45) is 5.00. The highest BCUT2D eigenvalue weighted by Gasteiger charge is 2.39. The third kappa shape index (κ3) is 3.79. The first-order chi connectivity index (χ1) is 11.6. The Balaban J connectivity index is 1.50. The van der Waals surface area contributed by atoms with E-state index < -0.39 is 0 Å². The number of nitrogens with one attached hydrogen (secondary N) is 1. The molecule has 0 radical (unpaired) electrons. The number of ether oxygens (including phenoxy) is 3. The van der Waals surface area contributed by atoms with Crippen molar-refractivity contribution in [2.24, 2.45) is 5.92 Å². The van der Waals surface area contributed by atoms with Crippen molar-refractivity contribution >= 4 is 11.4 Å². The third-order valence-corrected chi connectivity index (χ3v) is 4.95. The van der Waals surface area contributed by atoms with E-state index in [1.54, 1.807) is 19.2 Å². The van der Waals surface area contributed by atoms with Crippen LogP contribution in [0.25, 0.3) is 0 Å². The monoisotopic (exact) mass is 336 g/mol. The first-order valence-electron chi connectivity index (χ1n) is 8.46.